The summed E-state index contributed by atoms with van der Waals surface area (Å²) < 4.78 is 0. The van der Waals surface area contributed by atoms with E-state index < -0.39 is 6.10 Å². The van der Waals surface area contributed by atoms with Gasteiger partial charge in [-0.3, -0.25) is 0 Å². The number of nitrogens with zero attached hydrogens (tertiary/aromatic N) is 1. The van der Waals surface area contributed by atoms with E-state index >= 15 is 0 Å². The Morgan fingerprint density at radius 3 is 2.67 bits per heavy atom. The van der Waals surface area contributed by atoms with Crippen LogP contribution in [-0.2, 0) is 4.84 Å². The fourth-order valence-electron chi connectivity index (χ4n) is 0.855. The van der Waals surface area contributed by atoms with Gasteiger partial charge in [-0.15, -0.1) is 0 Å². The number of aliphatic hydroxyl groups excluding tert-OH is 1. The molecule has 1 aromatic carbocycles. The third-order valence-electron chi connectivity index (χ3n) is 1.45. The molecule has 1 N–H and O–H groups in total. The Morgan fingerprint density at radius 1 is 1.42 bits per heavy atom. The van der Waals surface area contributed by atoms with E-state index in [1.807, 2.05) is 30.3 Å². The summed E-state index contributed by atoms with van der Waals surface area (Å²) in [5.41, 5.74) is 0.804. The quantitative estimate of drug-likeness (QED) is 0.542. The molecule has 3 nitrogen and oxygen atoms in total. The number of rotatable bonds is 3. The van der Waals surface area contributed by atoms with Crippen LogP contribution in [0, 0.1) is 0 Å². The molecule has 1 aromatic rings. The summed E-state index contributed by atoms with van der Waals surface area (Å²) in [6.07, 6.45) is 0.654. The zero-order valence-electron chi connectivity index (χ0n) is 6.84. The van der Waals surface area contributed by atoms with Crippen LogP contribution in [0.1, 0.15) is 11.7 Å². The average Bonchev–Trinajstić information content (AvgIpc) is 2.15. The fraction of sp³-hybridized carbons (Fsp3) is 0.222. The zero-order chi connectivity index (χ0) is 8.81. The van der Waals surface area contributed by atoms with Gasteiger partial charge < -0.3 is 9.94 Å². The number of aliphatic hydroxyl groups is 1. The van der Waals surface area contributed by atoms with Crippen LogP contribution in [0.25, 0.3) is 0 Å². The molecule has 0 amide bonds. The monoisotopic (exact) mass is 165 g/mol. The fourth-order valence-corrected chi connectivity index (χ4v) is 0.855. The normalized spacial score (nSPS) is 13.2. The van der Waals surface area contributed by atoms with Crippen molar-refractivity contribution in [3.63, 3.8) is 0 Å². The first-order valence-electron chi connectivity index (χ1n) is 3.64. The second-order valence-corrected chi connectivity index (χ2v) is 2.29. The van der Waals surface area contributed by atoms with Crippen LogP contribution in [0.4, 0.5) is 0 Å². The third kappa shape index (κ3) is 2.36. The highest BCUT2D eigenvalue weighted by molar-refractivity contribution is 5.64. The van der Waals surface area contributed by atoms with Crippen LogP contribution in [0.3, 0.4) is 0 Å². The molecule has 0 aromatic heterocycles. The van der Waals surface area contributed by atoms with Gasteiger partial charge in [0.1, 0.15) is 13.2 Å². The van der Waals surface area contributed by atoms with Gasteiger partial charge in [-0.25, -0.2) is 0 Å². The van der Waals surface area contributed by atoms with E-state index in [9.17, 15) is 5.11 Å². The predicted molar refractivity (Wildman–Crippen MR) is 46.9 cm³/mol. The number of benzene rings is 1. The summed E-state index contributed by atoms with van der Waals surface area (Å²) in [6.45, 7) is 0. The van der Waals surface area contributed by atoms with Crippen molar-refractivity contribution >= 4 is 6.21 Å². The molecular weight excluding hydrogens is 154 g/mol. The molecule has 0 aliphatic rings. The van der Waals surface area contributed by atoms with Crippen molar-refractivity contribution in [3.05, 3.63) is 35.9 Å². The molecule has 0 heterocycles. The van der Waals surface area contributed by atoms with Crippen LogP contribution in [-0.4, -0.2) is 18.4 Å². The van der Waals surface area contributed by atoms with Crippen LogP contribution in [0.5, 0.6) is 0 Å². The van der Waals surface area contributed by atoms with E-state index in [0.29, 0.717) is 0 Å². The van der Waals surface area contributed by atoms with Crippen molar-refractivity contribution in [3.8, 4) is 0 Å². The average molecular weight is 165 g/mol. The van der Waals surface area contributed by atoms with Crippen LogP contribution in [0.15, 0.2) is 35.5 Å². The first kappa shape index (κ1) is 8.74. The van der Waals surface area contributed by atoms with Gasteiger partial charge in [0, 0.05) is 0 Å². The molecule has 0 unspecified atom stereocenters. The molecule has 64 valence electrons. The maximum absolute atomic E-state index is 9.42. The number of hydrogen-bond donors (Lipinski definition) is 1. The SMILES string of the molecule is CO/N=C/[C@@H](O)c1ccccc1. The highest BCUT2D eigenvalue weighted by Gasteiger charge is 2.01. The molecular formula is C9H11NO2. The maximum atomic E-state index is 9.42. The Hall–Kier alpha value is -1.35. The summed E-state index contributed by atoms with van der Waals surface area (Å²) in [7, 11) is 1.44. The molecule has 0 fully saturated rings. The highest BCUT2D eigenvalue weighted by Crippen LogP contribution is 2.08. The lowest BCUT2D eigenvalue weighted by molar-refractivity contribution is 0.200. The van der Waals surface area contributed by atoms with E-state index in [1.165, 1.54) is 13.3 Å². The topological polar surface area (TPSA) is 41.8 Å². The van der Waals surface area contributed by atoms with Crippen molar-refractivity contribution in [2.75, 3.05) is 7.11 Å². The lowest BCUT2D eigenvalue weighted by Crippen LogP contribution is -1.97. The molecule has 0 aliphatic carbocycles. The highest BCUT2D eigenvalue weighted by atomic mass is 16.6. The minimum Gasteiger partial charge on any atom is -0.399 e. The molecule has 0 aliphatic heterocycles. The minimum atomic E-state index is -0.689. The molecule has 3 heteroatoms. The third-order valence-corrected chi connectivity index (χ3v) is 1.45. The van der Waals surface area contributed by atoms with Gasteiger partial charge in [-0.1, -0.05) is 35.5 Å². The van der Waals surface area contributed by atoms with E-state index in [-0.39, 0.29) is 0 Å². The van der Waals surface area contributed by atoms with Crippen molar-refractivity contribution in [2.24, 2.45) is 5.16 Å². The van der Waals surface area contributed by atoms with Crippen molar-refractivity contribution in [2.45, 2.75) is 6.10 Å². The first-order chi connectivity index (χ1) is 5.84. The van der Waals surface area contributed by atoms with Gasteiger partial charge in [0.25, 0.3) is 0 Å². The summed E-state index contributed by atoms with van der Waals surface area (Å²) in [6, 6.07) is 9.26. The molecule has 12 heavy (non-hydrogen) atoms. The summed E-state index contributed by atoms with van der Waals surface area (Å²) in [5.74, 6) is 0. The van der Waals surface area contributed by atoms with Gasteiger partial charge in [-0.2, -0.15) is 0 Å². The lowest BCUT2D eigenvalue weighted by atomic mass is 10.1. The Kier molecular flexibility index (Phi) is 3.29. The summed E-state index contributed by atoms with van der Waals surface area (Å²) in [4.78, 5) is 4.44. The minimum absolute atomic E-state index is 0.689. The van der Waals surface area contributed by atoms with Gasteiger partial charge in [-0.05, 0) is 5.56 Å². The Labute approximate surface area is 71.3 Å². The second kappa shape index (κ2) is 4.51. The van der Waals surface area contributed by atoms with Crippen molar-refractivity contribution < 1.29 is 9.94 Å². The molecule has 1 atom stereocenters. The molecule has 1 rings (SSSR count). The Balaban J connectivity index is 2.65. The molecule has 0 radical (unpaired) electrons. The van der Waals surface area contributed by atoms with Gasteiger partial charge in [0.15, 0.2) is 0 Å². The van der Waals surface area contributed by atoms with Crippen LogP contribution >= 0.6 is 0 Å². The summed E-state index contributed by atoms with van der Waals surface area (Å²) in [5, 5.41) is 12.9. The van der Waals surface area contributed by atoms with Crippen LogP contribution < -0.4 is 0 Å². The standard InChI is InChI=1S/C9H11NO2/c1-12-10-7-9(11)8-5-3-2-4-6-8/h2-7,9,11H,1H3/b10-7+/t9-/m1/s1. The Bertz CT molecular complexity index is 246. The molecule has 0 saturated carbocycles. The van der Waals surface area contributed by atoms with E-state index in [2.05, 4.69) is 9.99 Å². The van der Waals surface area contributed by atoms with E-state index in [0.717, 1.165) is 5.56 Å². The van der Waals surface area contributed by atoms with Crippen molar-refractivity contribution in [1.29, 1.82) is 0 Å². The molecule has 0 spiro atoms. The van der Waals surface area contributed by atoms with E-state index in [4.69, 9.17) is 0 Å². The second-order valence-electron chi connectivity index (χ2n) is 2.29. The smallest absolute Gasteiger partial charge is 0.117 e. The molecule has 0 bridgehead atoms. The van der Waals surface area contributed by atoms with Gasteiger partial charge >= 0.3 is 0 Å². The Morgan fingerprint density at radius 2 is 2.08 bits per heavy atom. The van der Waals surface area contributed by atoms with Crippen LogP contribution in [0.2, 0.25) is 0 Å². The lowest BCUT2D eigenvalue weighted by Gasteiger charge is -2.02. The zero-order valence-corrected chi connectivity index (χ0v) is 6.84. The van der Waals surface area contributed by atoms with Gasteiger partial charge in [0.05, 0.1) is 6.21 Å². The first-order valence-corrected chi connectivity index (χ1v) is 3.64. The van der Waals surface area contributed by atoms with Crippen molar-refractivity contribution in [1.82, 2.24) is 0 Å². The number of hydrogen-bond acceptors (Lipinski definition) is 3. The number of oxime groups is 1. The molecule has 0 saturated heterocycles. The summed E-state index contributed by atoms with van der Waals surface area (Å²) >= 11 is 0. The van der Waals surface area contributed by atoms with Gasteiger partial charge in [0.2, 0.25) is 0 Å². The maximum Gasteiger partial charge on any atom is 0.117 e. The van der Waals surface area contributed by atoms with E-state index in [1.54, 1.807) is 0 Å². The predicted octanol–water partition coefficient (Wildman–Crippen LogP) is 1.35. The largest absolute Gasteiger partial charge is 0.399 e.